The first-order valence-corrected chi connectivity index (χ1v) is 8.64. The molecule has 0 unspecified atom stereocenters. The zero-order valence-electron chi connectivity index (χ0n) is 15.9. The van der Waals surface area contributed by atoms with E-state index in [2.05, 4.69) is 36.7 Å². The maximum atomic E-state index is 12.2. The third-order valence-corrected chi connectivity index (χ3v) is 3.81. The molecule has 0 spiro atoms. The molecule has 32 heavy (non-hydrogen) atoms. The standard InChI is InChI=1S/C17H13N9O6/c27-16(10-4-3-5-11(8-10)25(29)30)23-21-14-13(26(31)32)15(20-9-19-14)22-24-17(28)12-6-1-2-7-18-12/h1-9H,(H,23,27)(H,24,28)(H2,19,20,21,22). The van der Waals surface area contributed by atoms with Crippen LogP contribution in [0.4, 0.5) is 23.0 Å². The third-order valence-electron chi connectivity index (χ3n) is 3.81. The molecule has 0 aliphatic heterocycles. The number of anilines is 2. The second kappa shape index (κ2) is 9.53. The Balaban J connectivity index is 1.74. The highest BCUT2D eigenvalue weighted by Gasteiger charge is 2.24. The largest absolute Gasteiger partial charge is 0.356 e. The maximum Gasteiger partial charge on any atom is 0.356 e. The number of nitro benzene ring substituents is 1. The van der Waals surface area contributed by atoms with Crippen molar-refractivity contribution in [2.24, 2.45) is 0 Å². The van der Waals surface area contributed by atoms with Crippen LogP contribution in [0.15, 0.2) is 55.0 Å². The molecule has 162 valence electrons. The van der Waals surface area contributed by atoms with Crippen molar-refractivity contribution in [2.45, 2.75) is 0 Å². The average Bonchev–Trinajstić information content (AvgIpc) is 2.81. The highest BCUT2D eigenvalue weighted by Crippen LogP contribution is 2.27. The summed E-state index contributed by atoms with van der Waals surface area (Å²) in [6.07, 6.45) is 2.35. The second-order valence-corrected chi connectivity index (χ2v) is 5.86. The summed E-state index contributed by atoms with van der Waals surface area (Å²) >= 11 is 0. The number of hydrazine groups is 2. The maximum absolute atomic E-state index is 12.2. The molecule has 2 aromatic heterocycles. The third kappa shape index (κ3) is 5.03. The van der Waals surface area contributed by atoms with Gasteiger partial charge in [-0.25, -0.2) is 9.97 Å². The Bertz CT molecular complexity index is 1190. The van der Waals surface area contributed by atoms with Gasteiger partial charge in [-0.05, 0) is 18.2 Å². The predicted octanol–water partition coefficient (Wildman–Crippen LogP) is 1.20. The molecule has 0 aliphatic rings. The van der Waals surface area contributed by atoms with E-state index >= 15 is 0 Å². The van der Waals surface area contributed by atoms with Crippen LogP contribution < -0.4 is 21.7 Å². The number of pyridine rings is 1. The van der Waals surface area contributed by atoms with Crippen LogP contribution in [0, 0.1) is 20.2 Å². The predicted molar refractivity (Wildman–Crippen MR) is 108 cm³/mol. The molecule has 2 heterocycles. The van der Waals surface area contributed by atoms with Gasteiger partial charge in [-0.1, -0.05) is 12.1 Å². The van der Waals surface area contributed by atoms with Crippen LogP contribution in [0.5, 0.6) is 0 Å². The van der Waals surface area contributed by atoms with Crippen LogP contribution in [-0.4, -0.2) is 36.6 Å². The van der Waals surface area contributed by atoms with Crippen molar-refractivity contribution in [3.63, 3.8) is 0 Å². The van der Waals surface area contributed by atoms with Gasteiger partial charge in [0.05, 0.1) is 9.85 Å². The molecule has 1 aromatic carbocycles. The van der Waals surface area contributed by atoms with Crippen molar-refractivity contribution in [3.8, 4) is 0 Å². The van der Waals surface area contributed by atoms with Crippen molar-refractivity contribution >= 4 is 34.8 Å². The number of rotatable bonds is 8. The molecule has 3 aromatic rings. The number of non-ortho nitro benzene ring substituents is 1. The quantitative estimate of drug-likeness (QED) is 0.289. The zero-order chi connectivity index (χ0) is 23.1. The molecule has 0 aliphatic carbocycles. The Morgan fingerprint density at radius 1 is 0.812 bits per heavy atom. The number of amides is 2. The van der Waals surface area contributed by atoms with E-state index in [1.807, 2.05) is 0 Å². The molecule has 3 rings (SSSR count). The minimum atomic E-state index is -0.836. The van der Waals surface area contributed by atoms with Crippen LogP contribution in [0.3, 0.4) is 0 Å². The first-order valence-electron chi connectivity index (χ1n) is 8.64. The van der Waals surface area contributed by atoms with Gasteiger partial charge in [0.1, 0.15) is 12.0 Å². The Morgan fingerprint density at radius 2 is 1.50 bits per heavy atom. The van der Waals surface area contributed by atoms with Gasteiger partial charge >= 0.3 is 5.69 Å². The highest BCUT2D eigenvalue weighted by molar-refractivity contribution is 5.96. The summed E-state index contributed by atoms with van der Waals surface area (Å²) < 4.78 is 0. The SMILES string of the molecule is O=C(NNc1ncnc(NNC(=O)c2ccccn2)c1[N+](=O)[O-])c1cccc([N+](=O)[O-])c1. The number of hydrogen-bond donors (Lipinski definition) is 4. The van der Waals surface area contributed by atoms with Crippen molar-refractivity contribution in [1.82, 2.24) is 25.8 Å². The molecular weight excluding hydrogens is 426 g/mol. The van der Waals surface area contributed by atoms with Crippen molar-refractivity contribution in [2.75, 3.05) is 10.9 Å². The highest BCUT2D eigenvalue weighted by atomic mass is 16.6. The van der Waals surface area contributed by atoms with Crippen molar-refractivity contribution in [1.29, 1.82) is 0 Å². The Hall–Kier alpha value is -5.21. The second-order valence-electron chi connectivity index (χ2n) is 5.86. The fraction of sp³-hybridized carbons (Fsp3) is 0. The number of benzene rings is 1. The lowest BCUT2D eigenvalue weighted by molar-refractivity contribution is -0.384. The number of aromatic nitrogens is 3. The fourth-order valence-electron chi connectivity index (χ4n) is 2.36. The number of nitro groups is 2. The molecule has 4 N–H and O–H groups in total. The number of carbonyl (C=O) groups is 2. The van der Waals surface area contributed by atoms with E-state index in [0.717, 1.165) is 12.4 Å². The van der Waals surface area contributed by atoms with Gasteiger partial charge in [-0.3, -0.25) is 56.5 Å². The molecule has 2 amide bonds. The Morgan fingerprint density at radius 3 is 2.09 bits per heavy atom. The summed E-state index contributed by atoms with van der Waals surface area (Å²) in [5.41, 5.74) is 7.97. The summed E-state index contributed by atoms with van der Waals surface area (Å²) in [7, 11) is 0. The first kappa shape index (κ1) is 21.5. The normalized spacial score (nSPS) is 10.0. The van der Waals surface area contributed by atoms with E-state index in [-0.39, 0.29) is 22.8 Å². The van der Waals surface area contributed by atoms with Gasteiger partial charge in [-0.15, -0.1) is 0 Å². The molecule has 15 heteroatoms. The van der Waals surface area contributed by atoms with Crippen LogP contribution in [-0.2, 0) is 0 Å². The summed E-state index contributed by atoms with van der Waals surface area (Å²) in [5.74, 6) is -2.26. The monoisotopic (exact) mass is 439 g/mol. The summed E-state index contributed by atoms with van der Waals surface area (Å²) in [5, 5.41) is 22.4. The minimum absolute atomic E-state index is 0.0549. The molecule has 15 nitrogen and oxygen atoms in total. The van der Waals surface area contributed by atoms with Crippen molar-refractivity contribution in [3.05, 3.63) is 86.5 Å². The Kier molecular flexibility index (Phi) is 6.40. The minimum Gasteiger partial charge on any atom is -0.276 e. The van der Waals surface area contributed by atoms with Gasteiger partial charge in [0.15, 0.2) is 0 Å². The summed E-state index contributed by atoms with van der Waals surface area (Å²) in [4.78, 5) is 56.4. The van der Waals surface area contributed by atoms with E-state index < -0.39 is 33.2 Å². The summed E-state index contributed by atoms with van der Waals surface area (Å²) in [6.45, 7) is 0. The molecule has 0 radical (unpaired) electrons. The molecule has 0 fully saturated rings. The lowest BCUT2D eigenvalue weighted by atomic mass is 10.2. The van der Waals surface area contributed by atoms with E-state index in [9.17, 15) is 29.8 Å². The summed E-state index contributed by atoms with van der Waals surface area (Å²) in [6, 6.07) is 9.50. The van der Waals surface area contributed by atoms with Crippen LogP contribution in [0.2, 0.25) is 0 Å². The first-order chi connectivity index (χ1) is 15.4. The molecular formula is C17H13N9O6. The topological polar surface area (TPSA) is 207 Å². The van der Waals surface area contributed by atoms with Crippen LogP contribution >= 0.6 is 0 Å². The number of nitrogens with one attached hydrogen (secondary N) is 4. The molecule has 0 atom stereocenters. The van der Waals surface area contributed by atoms with Gasteiger partial charge < -0.3 is 0 Å². The number of nitrogens with zero attached hydrogens (tertiary/aromatic N) is 5. The zero-order valence-corrected chi connectivity index (χ0v) is 15.9. The van der Waals surface area contributed by atoms with Gasteiger partial charge in [0.25, 0.3) is 17.5 Å². The van der Waals surface area contributed by atoms with E-state index in [4.69, 9.17) is 0 Å². The van der Waals surface area contributed by atoms with E-state index in [1.165, 1.54) is 30.5 Å². The smallest absolute Gasteiger partial charge is 0.276 e. The molecule has 0 saturated heterocycles. The number of carbonyl (C=O) groups excluding carboxylic acids is 2. The van der Waals surface area contributed by atoms with Gasteiger partial charge in [-0.2, -0.15) is 0 Å². The van der Waals surface area contributed by atoms with Crippen LogP contribution in [0.1, 0.15) is 20.8 Å². The number of hydrogen-bond acceptors (Lipinski definition) is 11. The van der Waals surface area contributed by atoms with Crippen molar-refractivity contribution < 1.29 is 19.4 Å². The Labute approximate surface area is 178 Å². The molecule has 0 bridgehead atoms. The van der Waals surface area contributed by atoms with Gasteiger partial charge in [0.2, 0.25) is 11.6 Å². The van der Waals surface area contributed by atoms with E-state index in [1.54, 1.807) is 12.1 Å². The lowest BCUT2D eigenvalue weighted by Gasteiger charge is -2.11. The fourth-order valence-corrected chi connectivity index (χ4v) is 2.36. The van der Waals surface area contributed by atoms with E-state index in [0.29, 0.717) is 0 Å². The van der Waals surface area contributed by atoms with Crippen LogP contribution in [0.25, 0.3) is 0 Å². The lowest BCUT2D eigenvalue weighted by Crippen LogP contribution is -2.32. The molecule has 0 saturated carbocycles. The average molecular weight is 439 g/mol. The van der Waals surface area contributed by atoms with Gasteiger partial charge in [0, 0.05) is 23.9 Å².